The maximum atomic E-state index is 3.99. The van der Waals surface area contributed by atoms with Gasteiger partial charge in [-0.25, -0.2) is 0 Å². The average molecular weight is 161 g/mol. The number of allylic oxidation sites excluding steroid dienone is 4. The molecule has 1 aliphatic heterocycles. The summed E-state index contributed by atoms with van der Waals surface area (Å²) in [6, 6.07) is 0. The van der Waals surface area contributed by atoms with Crippen LogP contribution in [0.5, 0.6) is 0 Å². The molecule has 0 aromatic carbocycles. The molecule has 0 saturated heterocycles. The number of rotatable bonds is 3. The molecule has 0 spiro atoms. The van der Waals surface area contributed by atoms with E-state index in [0.717, 1.165) is 25.1 Å². The second-order valence-corrected chi connectivity index (χ2v) is 2.80. The Morgan fingerprint density at radius 2 is 2.42 bits per heavy atom. The third-order valence-corrected chi connectivity index (χ3v) is 1.91. The van der Waals surface area contributed by atoms with Crippen LogP contribution in [0.1, 0.15) is 6.42 Å². The van der Waals surface area contributed by atoms with Crippen molar-refractivity contribution in [2.24, 2.45) is 0 Å². The maximum Gasteiger partial charge on any atom is 0.0140 e. The van der Waals surface area contributed by atoms with Crippen molar-refractivity contribution in [3.63, 3.8) is 0 Å². The molecule has 1 heteroatoms. The first-order valence-electron chi connectivity index (χ1n) is 4.22. The summed E-state index contributed by atoms with van der Waals surface area (Å²) in [5, 5.41) is 3.26. The molecule has 1 rings (SSSR count). The molecule has 0 saturated carbocycles. The second kappa shape index (κ2) is 4.73. The van der Waals surface area contributed by atoms with Crippen LogP contribution in [0.2, 0.25) is 0 Å². The van der Waals surface area contributed by atoms with Crippen molar-refractivity contribution in [2.45, 2.75) is 6.42 Å². The quantitative estimate of drug-likeness (QED) is 0.626. The smallest absolute Gasteiger partial charge is 0.0140 e. The van der Waals surface area contributed by atoms with E-state index < -0.39 is 0 Å². The van der Waals surface area contributed by atoms with Gasteiger partial charge in [-0.15, -0.1) is 0 Å². The first kappa shape index (κ1) is 9.01. The first-order valence-corrected chi connectivity index (χ1v) is 4.22. The molecule has 0 aliphatic carbocycles. The standard InChI is InChI=1S/C11H15N/c1-3-4-5-10(2)11-6-8-12-9-7-11/h3-6,12H,1-2,7-9H2/b5-4-. The van der Waals surface area contributed by atoms with Crippen LogP contribution in [0.4, 0.5) is 0 Å². The third-order valence-electron chi connectivity index (χ3n) is 1.91. The third kappa shape index (κ3) is 2.51. The Bertz CT molecular complexity index is 233. The van der Waals surface area contributed by atoms with E-state index in [9.17, 15) is 0 Å². The van der Waals surface area contributed by atoms with Gasteiger partial charge in [0.05, 0.1) is 0 Å². The highest BCUT2D eigenvalue weighted by Crippen LogP contribution is 2.14. The molecule has 1 N–H and O–H groups in total. The molecule has 0 atom stereocenters. The number of nitrogens with one attached hydrogen (secondary N) is 1. The lowest BCUT2D eigenvalue weighted by molar-refractivity contribution is 0.709. The van der Waals surface area contributed by atoms with E-state index in [-0.39, 0.29) is 0 Å². The summed E-state index contributed by atoms with van der Waals surface area (Å²) < 4.78 is 0. The maximum absolute atomic E-state index is 3.99. The van der Waals surface area contributed by atoms with E-state index in [0.29, 0.717) is 0 Å². The molecule has 64 valence electrons. The Morgan fingerprint density at radius 3 is 3.00 bits per heavy atom. The van der Waals surface area contributed by atoms with Gasteiger partial charge in [-0.1, -0.05) is 37.5 Å². The second-order valence-electron chi connectivity index (χ2n) is 2.80. The van der Waals surface area contributed by atoms with Crippen LogP contribution in [0.25, 0.3) is 0 Å². The van der Waals surface area contributed by atoms with Crippen LogP contribution in [-0.2, 0) is 0 Å². The fourth-order valence-electron chi connectivity index (χ4n) is 1.21. The zero-order valence-electron chi connectivity index (χ0n) is 7.34. The molecule has 0 bridgehead atoms. The van der Waals surface area contributed by atoms with E-state index in [1.54, 1.807) is 6.08 Å². The van der Waals surface area contributed by atoms with Crippen LogP contribution in [0.15, 0.2) is 48.6 Å². The average Bonchev–Trinajstić information content (AvgIpc) is 2.15. The van der Waals surface area contributed by atoms with E-state index in [1.165, 1.54) is 5.57 Å². The lowest BCUT2D eigenvalue weighted by Crippen LogP contribution is -2.20. The van der Waals surface area contributed by atoms with Crippen molar-refractivity contribution in [1.82, 2.24) is 5.32 Å². The highest BCUT2D eigenvalue weighted by molar-refractivity contribution is 5.39. The molecule has 0 aromatic rings. The Kier molecular flexibility index (Phi) is 3.55. The summed E-state index contributed by atoms with van der Waals surface area (Å²) in [5.41, 5.74) is 2.46. The monoisotopic (exact) mass is 161 g/mol. The van der Waals surface area contributed by atoms with Gasteiger partial charge in [0, 0.05) is 6.54 Å². The molecule has 0 amide bonds. The molecular weight excluding hydrogens is 146 g/mol. The lowest BCUT2D eigenvalue weighted by atomic mass is 10.0. The molecule has 0 fully saturated rings. The Balaban J connectivity index is 2.56. The van der Waals surface area contributed by atoms with E-state index >= 15 is 0 Å². The first-order chi connectivity index (χ1) is 5.84. The van der Waals surface area contributed by atoms with Crippen molar-refractivity contribution >= 4 is 0 Å². The van der Waals surface area contributed by atoms with Crippen molar-refractivity contribution in [2.75, 3.05) is 13.1 Å². The number of hydrogen-bond acceptors (Lipinski definition) is 1. The Morgan fingerprint density at radius 1 is 1.58 bits per heavy atom. The molecule has 1 aliphatic rings. The van der Waals surface area contributed by atoms with E-state index in [4.69, 9.17) is 0 Å². The molecule has 0 aromatic heterocycles. The van der Waals surface area contributed by atoms with Crippen molar-refractivity contribution in [3.05, 3.63) is 48.6 Å². The SMILES string of the molecule is C=C/C=C\C(=C)C1=CCNCC1. The lowest BCUT2D eigenvalue weighted by Gasteiger charge is -2.13. The minimum absolute atomic E-state index is 0.969. The predicted molar refractivity (Wildman–Crippen MR) is 54.0 cm³/mol. The van der Waals surface area contributed by atoms with Gasteiger partial charge in [0.15, 0.2) is 0 Å². The summed E-state index contributed by atoms with van der Waals surface area (Å²) in [6.07, 6.45) is 8.97. The normalized spacial score (nSPS) is 17.5. The fraction of sp³-hybridized carbons (Fsp3) is 0.273. The summed E-state index contributed by atoms with van der Waals surface area (Å²) >= 11 is 0. The zero-order chi connectivity index (χ0) is 8.81. The summed E-state index contributed by atoms with van der Waals surface area (Å²) in [6.45, 7) is 9.63. The van der Waals surface area contributed by atoms with Crippen molar-refractivity contribution < 1.29 is 0 Å². The molecule has 1 heterocycles. The topological polar surface area (TPSA) is 12.0 Å². The summed E-state index contributed by atoms with van der Waals surface area (Å²) in [7, 11) is 0. The van der Waals surface area contributed by atoms with Gasteiger partial charge in [-0.05, 0) is 24.1 Å². The van der Waals surface area contributed by atoms with Crippen LogP contribution in [-0.4, -0.2) is 13.1 Å². The highest BCUT2D eigenvalue weighted by atomic mass is 14.8. The Hall–Kier alpha value is -1.08. The van der Waals surface area contributed by atoms with Gasteiger partial charge < -0.3 is 5.32 Å². The van der Waals surface area contributed by atoms with Crippen molar-refractivity contribution in [1.29, 1.82) is 0 Å². The van der Waals surface area contributed by atoms with Gasteiger partial charge in [0.1, 0.15) is 0 Å². The van der Waals surface area contributed by atoms with Crippen molar-refractivity contribution in [3.8, 4) is 0 Å². The van der Waals surface area contributed by atoms with Gasteiger partial charge in [0.2, 0.25) is 0 Å². The highest BCUT2D eigenvalue weighted by Gasteiger charge is 2.02. The van der Waals surface area contributed by atoms with Crippen LogP contribution < -0.4 is 5.32 Å². The summed E-state index contributed by atoms with van der Waals surface area (Å²) in [5.74, 6) is 0. The predicted octanol–water partition coefficient (Wildman–Crippen LogP) is 2.20. The van der Waals surface area contributed by atoms with Gasteiger partial charge in [0.25, 0.3) is 0 Å². The van der Waals surface area contributed by atoms with Crippen LogP contribution in [0, 0.1) is 0 Å². The molecule has 1 nitrogen and oxygen atoms in total. The van der Waals surface area contributed by atoms with Gasteiger partial charge in [-0.3, -0.25) is 0 Å². The van der Waals surface area contributed by atoms with Crippen LogP contribution in [0.3, 0.4) is 0 Å². The minimum Gasteiger partial charge on any atom is -0.313 e. The summed E-state index contributed by atoms with van der Waals surface area (Å²) in [4.78, 5) is 0. The minimum atomic E-state index is 0.969. The zero-order valence-corrected chi connectivity index (χ0v) is 7.34. The number of hydrogen-bond donors (Lipinski definition) is 1. The Labute approximate surface area is 74.2 Å². The van der Waals surface area contributed by atoms with E-state index in [1.807, 2.05) is 12.2 Å². The van der Waals surface area contributed by atoms with Gasteiger partial charge >= 0.3 is 0 Å². The van der Waals surface area contributed by atoms with Gasteiger partial charge in [-0.2, -0.15) is 0 Å². The van der Waals surface area contributed by atoms with Crippen LogP contribution >= 0.6 is 0 Å². The molecular formula is C11H15N. The largest absolute Gasteiger partial charge is 0.313 e. The van der Waals surface area contributed by atoms with E-state index in [2.05, 4.69) is 24.6 Å². The molecule has 0 radical (unpaired) electrons. The molecule has 0 unspecified atom stereocenters. The molecule has 12 heavy (non-hydrogen) atoms. The fourth-order valence-corrected chi connectivity index (χ4v) is 1.21.